The summed E-state index contributed by atoms with van der Waals surface area (Å²) in [5.74, 6) is 1.64. The van der Waals surface area contributed by atoms with E-state index in [1.54, 1.807) is 11.8 Å². The van der Waals surface area contributed by atoms with Crippen molar-refractivity contribution >= 4 is 35.1 Å². The maximum absolute atomic E-state index is 13.3. The van der Waals surface area contributed by atoms with Crippen molar-refractivity contribution in [1.29, 1.82) is 0 Å². The number of nitrogens with zero attached hydrogens (tertiary/aromatic N) is 3. The molecule has 2 aliphatic rings. The first kappa shape index (κ1) is 22.2. The average molecular weight is 479 g/mol. The van der Waals surface area contributed by atoms with Gasteiger partial charge in [-0.2, -0.15) is 4.98 Å². The first-order valence-electron chi connectivity index (χ1n) is 11.1. The van der Waals surface area contributed by atoms with Crippen LogP contribution < -0.4 is 5.32 Å². The molecule has 0 amide bonds. The molecular weight excluding hydrogens is 452 g/mol. The Hall–Kier alpha value is -2.57. The van der Waals surface area contributed by atoms with Crippen molar-refractivity contribution in [2.75, 3.05) is 5.32 Å². The summed E-state index contributed by atoms with van der Waals surface area (Å²) in [5.41, 5.74) is 6.45. The number of allylic oxidation sites excluding steroid dienone is 2. The van der Waals surface area contributed by atoms with Crippen molar-refractivity contribution in [2.24, 2.45) is 5.41 Å². The Morgan fingerprint density at radius 2 is 1.91 bits per heavy atom. The fourth-order valence-electron chi connectivity index (χ4n) is 4.75. The second kappa shape index (κ2) is 8.33. The Labute approximate surface area is 203 Å². The van der Waals surface area contributed by atoms with Crippen molar-refractivity contribution in [3.8, 4) is 0 Å². The highest BCUT2D eigenvalue weighted by Gasteiger charge is 2.41. The normalized spacial score (nSPS) is 19.2. The Balaban J connectivity index is 1.51. The predicted molar refractivity (Wildman–Crippen MR) is 134 cm³/mol. The Morgan fingerprint density at radius 3 is 2.64 bits per heavy atom. The molecule has 3 aromatic rings. The summed E-state index contributed by atoms with van der Waals surface area (Å²) in [6.07, 6.45) is 1.33. The minimum Gasteiger partial charge on any atom is -0.328 e. The van der Waals surface area contributed by atoms with Crippen LogP contribution in [0.3, 0.4) is 0 Å². The molecule has 0 unspecified atom stereocenters. The molecule has 0 saturated heterocycles. The second-order valence-corrected chi connectivity index (χ2v) is 11.2. The number of aryl methyl sites for hydroxylation is 2. The lowest BCUT2D eigenvalue weighted by Gasteiger charge is -2.38. The smallest absolute Gasteiger partial charge is 0.227 e. The first-order chi connectivity index (χ1) is 15.7. The van der Waals surface area contributed by atoms with E-state index in [9.17, 15) is 4.79 Å². The topological polar surface area (TPSA) is 59.8 Å². The van der Waals surface area contributed by atoms with E-state index in [-0.39, 0.29) is 17.2 Å². The van der Waals surface area contributed by atoms with E-state index < -0.39 is 0 Å². The average Bonchev–Trinajstić information content (AvgIpc) is 3.14. The molecule has 5 nitrogen and oxygen atoms in total. The molecule has 1 aliphatic carbocycles. The summed E-state index contributed by atoms with van der Waals surface area (Å²) in [7, 11) is 0. The summed E-state index contributed by atoms with van der Waals surface area (Å²) < 4.78 is 1.86. The molecule has 0 radical (unpaired) electrons. The number of hydrogen-bond acceptors (Lipinski definition) is 5. The van der Waals surface area contributed by atoms with Crippen LogP contribution in [-0.4, -0.2) is 20.5 Å². The van der Waals surface area contributed by atoms with Gasteiger partial charge in [-0.15, -0.1) is 5.10 Å². The Bertz CT molecular complexity index is 1280. The van der Waals surface area contributed by atoms with E-state index in [1.165, 1.54) is 16.7 Å². The number of nitrogens with one attached hydrogen (secondary N) is 1. The largest absolute Gasteiger partial charge is 0.328 e. The van der Waals surface area contributed by atoms with Gasteiger partial charge in [0.2, 0.25) is 11.1 Å². The van der Waals surface area contributed by atoms with Gasteiger partial charge in [0, 0.05) is 28.5 Å². The number of thioether (sulfide) groups is 1. The van der Waals surface area contributed by atoms with E-state index in [0.717, 1.165) is 29.0 Å². The molecule has 2 aromatic carbocycles. The molecule has 5 rings (SSSR count). The van der Waals surface area contributed by atoms with Crippen molar-refractivity contribution < 1.29 is 4.79 Å². The monoisotopic (exact) mass is 478 g/mol. The number of anilines is 1. The van der Waals surface area contributed by atoms with Crippen molar-refractivity contribution in [3.63, 3.8) is 0 Å². The molecule has 0 spiro atoms. The van der Waals surface area contributed by atoms with Crippen LogP contribution in [0.1, 0.15) is 55.0 Å². The number of aromatic nitrogens is 3. The number of ketones is 1. The number of halogens is 1. The highest BCUT2D eigenvalue weighted by Crippen LogP contribution is 2.45. The van der Waals surface area contributed by atoms with Crippen LogP contribution in [-0.2, 0) is 10.5 Å². The molecule has 1 N–H and O–H groups in total. The first-order valence-corrected chi connectivity index (χ1v) is 12.5. The van der Waals surface area contributed by atoms with Gasteiger partial charge in [0.1, 0.15) is 6.04 Å². The quantitative estimate of drug-likeness (QED) is 0.434. The Morgan fingerprint density at radius 1 is 1.15 bits per heavy atom. The summed E-state index contributed by atoms with van der Waals surface area (Å²) in [5, 5.41) is 9.65. The predicted octanol–water partition coefficient (Wildman–Crippen LogP) is 6.50. The number of fused-ring (bicyclic) bond motifs is 1. The van der Waals surface area contributed by atoms with Crippen molar-refractivity contribution in [2.45, 2.75) is 57.5 Å². The summed E-state index contributed by atoms with van der Waals surface area (Å²) in [4.78, 5) is 18.1. The fraction of sp³-hybridized carbons (Fsp3) is 0.346. The van der Waals surface area contributed by atoms with E-state index in [0.29, 0.717) is 22.5 Å². The molecule has 0 saturated carbocycles. The molecule has 1 aliphatic heterocycles. The molecule has 0 fully saturated rings. The number of hydrogen-bond donors (Lipinski definition) is 1. The van der Waals surface area contributed by atoms with Crippen LogP contribution in [0.15, 0.2) is 58.9 Å². The SMILES string of the molecule is Cc1ccc(CSc2nc3n(n2)[C@@H](c2ccc(Cl)cc2)C2=C(CC(C)(C)CC2=O)N3)c(C)c1. The van der Waals surface area contributed by atoms with Crippen molar-refractivity contribution in [1.82, 2.24) is 14.8 Å². The Kier molecular flexibility index (Phi) is 5.61. The van der Waals surface area contributed by atoms with Gasteiger partial charge in [0.05, 0.1) is 0 Å². The highest BCUT2D eigenvalue weighted by molar-refractivity contribution is 7.98. The third kappa shape index (κ3) is 4.34. The minimum absolute atomic E-state index is 0.0871. The molecule has 33 heavy (non-hydrogen) atoms. The van der Waals surface area contributed by atoms with E-state index in [2.05, 4.69) is 51.2 Å². The summed E-state index contributed by atoms with van der Waals surface area (Å²) >= 11 is 7.76. The van der Waals surface area contributed by atoms with Gasteiger partial charge in [-0.1, -0.05) is 73.1 Å². The molecule has 2 heterocycles. The number of benzene rings is 2. The van der Waals surface area contributed by atoms with Gasteiger partial charge in [-0.05, 0) is 54.5 Å². The number of Topliss-reactive ketones (excluding diaryl/α,β-unsaturated/α-hetero) is 1. The third-order valence-electron chi connectivity index (χ3n) is 6.35. The van der Waals surface area contributed by atoms with E-state index in [4.69, 9.17) is 21.7 Å². The van der Waals surface area contributed by atoms with E-state index in [1.807, 2.05) is 28.9 Å². The lowest BCUT2D eigenvalue weighted by atomic mass is 9.73. The standard InChI is InChI=1S/C26H27ClN4OS/c1-15-5-6-18(16(2)11-15)14-33-25-29-24-28-20-12-26(3,4)13-21(32)22(20)23(31(24)30-25)17-7-9-19(27)10-8-17/h5-11,23H,12-14H2,1-4H3,(H,28,29,30)/t23-/m0/s1. The van der Waals surface area contributed by atoms with Gasteiger partial charge in [-0.25, -0.2) is 4.68 Å². The molecule has 1 atom stereocenters. The second-order valence-electron chi connectivity index (χ2n) is 9.79. The summed E-state index contributed by atoms with van der Waals surface area (Å²) in [6.45, 7) is 8.52. The van der Waals surface area contributed by atoms with Gasteiger partial charge in [0.25, 0.3) is 0 Å². The van der Waals surface area contributed by atoms with Crippen LogP contribution in [0.2, 0.25) is 5.02 Å². The van der Waals surface area contributed by atoms with Crippen LogP contribution in [0.25, 0.3) is 0 Å². The van der Waals surface area contributed by atoms with Crippen LogP contribution in [0.5, 0.6) is 0 Å². The van der Waals surface area contributed by atoms with Gasteiger partial charge in [0.15, 0.2) is 5.78 Å². The third-order valence-corrected chi connectivity index (χ3v) is 7.49. The zero-order valence-electron chi connectivity index (χ0n) is 19.3. The zero-order chi connectivity index (χ0) is 23.3. The lowest BCUT2D eigenvalue weighted by Crippen LogP contribution is -2.36. The lowest BCUT2D eigenvalue weighted by molar-refractivity contribution is -0.118. The summed E-state index contributed by atoms with van der Waals surface area (Å²) in [6, 6.07) is 13.9. The fourth-order valence-corrected chi connectivity index (χ4v) is 5.79. The maximum atomic E-state index is 13.3. The number of carbonyl (C=O) groups is 1. The van der Waals surface area contributed by atoms with Crippen molar-refractivity contribution in [3.05, 3.63) is 81.0 Å². The van der Waals surface area contributed by atoms with Crippen LogP contribution >= 0.6 is 23.4 Å². The van der Waals surface area contributed by atoms with Gasteiger partial charge < -0.3 is 5.32 Å². The molecule has 170 valence electrons. The molecule has 1 aromatic heterocycles. The van der Waals surface area contributed by atoms with Gasteiger partial charge >= 0.3 is 0 Å². The molecular formula is C26H27ClN4OS. The minimum atomic E-state index is -0.305. The van der Waals surface area contributed by atoms with Gasteiger partial charge in [-0.3, -0.25) is 4.79 Å². The van der Waals surface area contributed by atoms with E-state index >= 15 is 0 Å². The number of carbonyl (C=O) groups excluding carboxylic acids is 1. The highest BCUT2D eigenvalue weighted by atomic mass is 35.5. The maximum Gasteiger partial charge on any atom is 0.227 e. The molecule has 0 bridgehead atoms. The molecule has 7 heteroatoms. The van der Waals surface area contributed by atoms with Crippen LogP contribution in [0, 0.1) is 19.3 Å². The van der Waals surface area contributed by atoms with Crippen LogP contribution in [0.4, 0.5) is 5.95 Å². The zero-order valence-corrected chi connectivity index (χ0v) is 20.8. The number of rotatable bonds is 4.